The molecule has 4 heterocycles. The molecule has 6 heteroatoms. The standard InChI is InChI=1S/C20H22N4OS/c1-15-6-13-26-18(15)20(25)23-10-4-17(5-11-23)19-22-9-12-24(19)14-16-2-7-21-8-3-16/h2-3,6-9,12-13,17H,4-5,10-11,14H2,1H3. The number of aryl methyl sites for hydroxylation is 1. The fourth-order valence-electron chi connectivity index (χ4n) is 3.58. The van der Waals surface area contributed by atoms with Crippen LogP contribution in [0.1, 0.15) is 45.4 Å². The number of imidazole rings is 1. The Kier molecular flexibility index (Phi) is 4.84. The number of hydrogen-bond acceptors (Lipinski definition) is 4. The van der Waals surface area contributed by atoms with Gasteiger partial charge < -0.3 is 9.47 Å². The molecule has 0 N–H and O–H groups in total. The Morgan fingerprint density at radius 1 is 1.19 bits per heavy atom. The zero-order valence-electron chi connectivity index (χ0n) is 14.8. The third-order valence-corrected chi connectivity index (χ3v) is 6.06. The van der Waals surface area contributed by atoms with E-state index < -0.39 is 0 Å². The molecule has 0 aromatic carbocycles. The zero-order chi connectivity index (χ0) is 17.9. The van der Waals surface area contributed by atoms with Crippen LogP contribution in [-0.4, -0.2) is 38.4 Å². The summed E-state index contributed by atoms with van der Waals surface area (Å²) in [6.45, 7) is 4.41. The number of piperidine rings is 1. The van der Waals surface area contributed by atoms with Gasteiger partial charge >= 0.3 is 0 Å². The van der Waals surface area contributed by atoms with Crippen LogP contribution in [0.2, 0.25) is 0 Å². The minimum absolute atomic E-state index is 0.177. The van der Waals surface area contributed by atoms with Crippen LogP contribution in [0.4, 0.5) is 0 Å². The number of nitrogens with zero attached hydrogens (tertiary/aromatic N) is 4. The van der Waals surface area contributed by atoms with Crippen LogP contribution in [0.3, 0.4) is 0 Å². The molecule has 5 nitrogen and oxygen atoms in total. The normalized spacial score (nSPS) is 15.3. The van der Waals surface area contributed by atoms with E-state index in [4.69, 9.17) is 0 Å². The molecule has 0 aliphatic carbocycles. The summed E-state index contributed by atoms with van der Waals surface area (Å²) < 4.78 is 2.22. The second kappa shape index (κ2) is 7.41. The molecule has 0 unspecified atom stereocenters. The van der Waals surface area contributed by atoms with Gasteiger partial charge in [-0.25, -0.2) is 4.98 Å². The molecule has 3 aromatic heterocycles. The molecule has 1 fully saturated rings. The third-order valence-electron chi connectivity index (χ3n) is 5.05. The molecule has 0 spiro atoms. The summed E-state index contributed by atoms with van der Waals surface area (Å²) in [7, 11) is 0. The fraction of sp³-hybridized carbons (Fsp3) is 0.350. The van der Waals surface area contributed by atoms with Crippen LogP contribution in [-0.2, 0) is 6.54 Å². The lowest BCUT2D eigenvalue weighted by Gasteiger charge is -2.32. The highest BCUT2D eigenvalue weighted by Crippen LogP contribution is 2.29. The van der Waals surface area contributed by atoms with E-state index in [0.29, 0.717) is 5.92 Å². The van der Waals surface area contributed by atoms with Crippen molar-refractivity contribution in [2.45, 2.75) is 32.2 Å². The van der Waals surface area contributed by atoms with E-state index in [-0.39, 0.29) is 5.91 Å². The fourth-order valence-corrected chi connectivity index (χ4v) is 4.47. The summed E-state index contributed by atoms with van der Waals surface area (Å²) in [6, 6.07) is 6.09. The predicted molar refractivity (Wildman–Crippen MR) is 103 cm³/mol. The molecule has 1 aliphatic rings. The van der Waals surface area contributed by atoms with Crippen molar-refractivity contribution in [2.75, 3.05) is 13.1 Å². The lowest BCUT2D eigenvalue weighted by Crippen LogP contribution is -2.38. The van der Waals surface area contributed by atoms with E-state index in [2.05, 4.69) is 14.5 Å². The van der Waals surface area contributed by atoms with Crippen LogP contribution in [0, 0.1) is 6.92 Å². The van der Waals surface area contributed by atoms with Crippen molar-refractivity contribution in [2.24, 2.45) is 0 Å². The molecule has 0 atom stereocenters. The first-order valence-corrected chi connectivity index (χ1v) is 9.83. The Hall–Kier alpha value is -2.47. The Labute approximate surface area is 157 Å². The number of thiophene rings is 1. The zero-order valence-corrected chi connectivity index (χ0v) is 15.7. The Morgan fingerprint density at radius 2 is 1.96 bits per heavy atom. The maximum atomic E-state index is 12.7. The quantitative estimate of drug-likeness (QED) is 0.707. The van der Waals surface area contributed by atoms with E-state index >= 15 is 0 Å². The number of aromatic nitrogens is 3. The SMILES string of the molecule is Cc1ccsc1C(=O)N1CCC(c2nccn2Cc2ccncc2)CC1. The number of carbonyl (C=O) groups excluding carboxylic acids is 1. The Bertz CT molecular complexity index is 878. The molecule has 1 saturated heterocycles. The first-order chi connectivity index (χ1) is 12.7. The maximum Gasteiger partial charge on any atom is 0.264 e. The monoisotopic (exact) mass is 366 g/mol. The van der Waals surface area contributed by atoms with Crippen molar-refractivity contribution in [3.05, 3.63) is 70.2 Å². The van der Waals surface area contributed by atoms with E-state index in [1.165, 1.54) is 5.56 Å². The highest BCUT2D eigenvalue weighted by Gasteiger charge is 2.27. The van der Waals surface area contributed by atoms with Gasteiger partial charge in [0.05, 0.1) is 4.88 Å². The van der Waals surface area contributed by atoms with Crippen LogP contribution >= 0.6 is 11.3 Å². The maximum absolute atomic E-state index is 12.7. The first-order valence-electron chi connectivity index (χ1n) is 8.95. The second-order valence-corrected chi connectivity index (χ2v) is 7.68. The van der Waals surface area contributed by atoms with Gasteiger partial charge in [0.1, 0.15) is 5.82 Å². The van der Waals surface area contributed by atoms with Crippen molar-refractivity contribution < 1.29 is 4.79 Å². The Morgan fingerprint density at radius 3 is 2.65 bits per heavy atom. The van der Waals surface area contributed by atoms with Crippen molar-refractivity contribution in [1.82, 2.24) is 19.4 Å². The smallest absolute Gasteiger partial charge is 0.264 e. The second-order valence-electron chi connectivity index (χ2n) is 6.77. The van der Waals surface area contributed by atoms with Gasteiger partial charge in [-0.2, -0.15) is 0 Å². The van der Waals surface area contributed by atoms with Gasteiger partial charge in [0.15, 0.2) is 0 Å². The molecule has 0 radical (unpaired) electrons. The van der Waals surface area contributed by atoms with E-state index in [1.807, 2.05) is 60.2 Å². The van der Waals surface area contributed by atoms with Gasteiger partial charge in [-0.1, -0.05) is 0 Å². The van der Waals surface area contributed by atoms with Gasteiger partial charge in [0.2, 0.25) is 0 Å². The summed E-state index contributed by atoms with van der Waals surface area (Å²) in [5.41, 5.74) is 2.30. The summed E-state index contributed by atoms with van der Waals surface area (Å²) in [4.78, 5) is 24.3. The minimum atomic E-state index is 0.177. The number of hydrogen-bond donors (Lipinski definition) is 0. The minimum Gasteiger partial charge on any atom is -0.338 e. The highest BCUT2D eigenvalue weighted by atomic mass is 32.1. The van der Waals surface area contributed by atoms with E-state index in [1.54, 1.807) is 11.3 Å². The van der Waals surface area contributed by atoms with E-state index in [0.717, 1.165) is 48.7 Å². The average molecular weight is 366 g/mol. The van der Waals surface area contributed by atoms with Crippen LogP contribution in [0.5, 0.6) is 0 Å². The van der Waals surface area contributed by atoms with Gasteiger partial charge in [-0.05, 0) is 54.5 Å². The summed E-state index contributed by atoms with van der Waals surface area (Å²) in [5.74, 6) is 1.71. The van der Waals surface area contributed by atoms with Gasteiger partial charge in [0, 0.05) is 50.3 Å². The van der Waals surface area contributed by atoms with Crippen LogP contribution < -0.4 is 0 Å². The molecule has 1 aliphatic heterocycles. The lowest BCUT2D eigenvalue weighted by atomic mass is 9.95. The third kappa shape index (κ3) is 3.42. The molecule has 4 rings (SSSR count). The summed E-state index contributed by atoms with van der Waals surface area (Å²) in [6.07, 6.45) is 9.49. The average Bonchev–Trinajstić information content (AvgIpc) is 3.31. The molecule has 3 aromatic rings. The number of carbonyl (C=O) groups is 1. The van der Waals surface area contributed by atoms with E-state index in [9.17, 15) is 4.79 Å². The van der Waals surface area contributed by atoms with Crippen molar-refractivity contribution in [1.29, 1.82) is 0 Å². The number of likely N-dealkylation sites (tertiary alicyclic amines) is 1. The number of rotatable bonds is 4. The number of pyridine rings is 1. The molecular formula is C20H22N4OS. The highest BCUT2D eigenvalue weighted by molar-refractivity contribution is 7.12. The summed E-state index contributed by atoms with van der Waals surface area (Å²) in [5, 5.41) is 1.99. The largest absolute Gasteiger partial charge is 0.338 e. The Balaban J connectivity index is 1.42. The molecule has 134 valence electrons. The van der Waals surface area contributed by atoms with Gasteiger partial charge in [-0.15, -0.1) is 11.3 Å². The molecule has 26 heavy (non-hydrogen) atoms. The molecular weight excluding hydrogens is 344 g/mol. The number of amides is 1. The lowest BCUT2D eigenvalue weighted by molar-refractivity contribution is 0.0714. The molecule has 0 saturated carbocycles. The topological polar surface area (TPSA) is 51.0 Å². The van der Waals surface area contributed by atoms with Crippen LogP contribution in [0.25, 0.3) is 0 Å². The van der Waals surface area contributed by atoms with Crippen LogP contribution in [0.15, 0.2) is 48.4 Å². The predicted octanol–water partition coefficient (Wildman–Crippen LogP) is 3.72. The van der Waals surface area contributed by atoms with Gasteiger partial charge in [-0.3, -0.25) is 9.78 Å². The van der Waals surface area contributed by atoms with Crippen molar-refractivity contribution in [3.8, 4) is 0 Å². The molecule has 0 bridgehead atoms. The van der Waals surface area contributed by atoms with Gasteiger partial charge in [0.25, 0.3) is 5.91 Å². The van der Waals surface area contributed by atoms with Crippen molar-refractivity contribution >= 4 is 17.2 Å². The first kappa shape index (κ1) is 17.0. The van der Waals surface area contributed by atoms with Crippen molar-refractivity contribution in [3.63, 3.8) is 0 Å². The summed E-state index contributed by atoms with van der Waals surface area (Å²) >= 11 is 1.54. The molecule has 1 amide bonds.